The largest absolute Gasteiger partial charge is 0.495 e. The standard InChI is InChI=1S/C15H23N3O2.ClH/c1-16-11-15(19)17-12-7-9-18(10-8-12)13-5-3-4-6-14(13)20-2;/h3-6,12,16H,7-11H2,1-2H3,(H,17,19);1H. The number of methoxy groups -OCH3 is 1. The van der Waals surface area contributed by atoms with E-state index in [4.69, 9.17) is 4.74 Å². The molecule has 0 aromatic heterocycles. The minimum absolute atomic E-state index is 0. The summed E-state index contributed by atoms with van der Waals surface area (Å²) in [6, 6.07) is 8.35. The molecule has 118 valence electrons. The Hall–Kier alpha value is -1.46. The normalized spacial score (nSPS) is 15.2. The van der Waals surface area contributed by atoms with Crippen LogP contribution in [-0.2, 0) is 4.79 Å². The highest BCUT2D eigenvalue weighted by Crippen LogP contribution is 2.29. The fraction of sp³-hybridized carbons (Fsp3) is 0.533. The topological polar surface area (TPSA) is 53.6 Å². The molecule has 1 saturated heterocycles. The molecule has 1 aliphatic heterocycles. The molecule has 0 spiro atoms. The summed E-state index contributed by atoms with van der Waals surface area (Å²) >= 11 is 0. The third-order valence-electron chi connectivity index (χ3n) is 3.62. The van der Waals surface area contributed by atoms with Crippen molar-refractivity contribution in [3.05, 3.63) is 24.3 Å². The maximum Gasteiger partial charge on any atom is 0.234 e. The average Bonchev–Trinajstić information content (AvgIpc) is 2.48. The quantitative estimate of drug-likeness (QED) is 0.863. The van der Waals surface area contributed by atoms with E-state index in [0.717, 1.165) is 37.4 Å². The number of piperidine rings is 1. The third kappa shape index (κ3) is 4.79. The zero-order chi connectivity index (χ0) is 14.4. The van der Waals surface area contributed by atoms with Gasteiger partial charge in [-0.15, -0.1) is 12.4 Å². The lowest BCUT2D eigenvalue weighted by Gasteiger charge is -2.34. The van der Waals surface area contributed by atoms with Crippen molar-refractivity contribution in [2.24, 2.45) is 0 Å². The van der Waals surface area contributed by atoms with Gasteiger partial charge in [-0.05, 0) is 32.0 Å². The molecule has 0 radical (unpaired) electrons. The fourth-order valence-corrected chi connectivity index (χ4v) is 2.60. The number of nitrogens with zero attached hydrogens (tertiary/aromatic N) is 1. The summed E-state index contributed by atoms with van der Waals surface area (Å²) in [7, 11) is 3.48. The van der Waals surface area contributed by atoms with Gasteiger partial charge in [-0.1, -0.05) is 12.1 Å². The number of para-hydroxylation sites is 2. The number of hydrogen-bond acceptors (Lipinski definition) is 4. The molecular weight excluding hydrogens is 290 g/mol. The van der Waals surface area contributed by atoms with Crippen LogP contribution in [0.25, 0.3) is 0 Å². The number of rotatable bonds is 5. The summed E-state index contributed by atoms with van der Waals surface area (Å²) in [5, 5.41) is 5.93. The van der Waals surface area contributed by atoms with Gasteiger partial charge in [0, 0.05) is 19.1 Å². The second kappa shape index (κ2) is 8.74. The van der Waals surface area contributed by atoms with E-state index in [-0.39, 0.29) is 24.4 Å². The van der Waals surface area contributed by atoms with Crippen LogP contribution in [0.1, 0.15) is 12.8 Å². The Bertz CT molecular complexity index is 448. The minimum Gasteiger partial charge on any atom is -0.495 e. The number of amides is 1. The molecule has 1 amide bonds. The first-order valence-electron chi connectivity index (χ1n) is 7.06. The minimum atomic E-state index is 0. The highest BCUT2D eigenvalue weighted by atomic mass is 35.5. The molecule has 21 heavy (non-hydrogen) atoms. The van der Waals surface area contributed by atoms with Gasteiger partial charge in [0.1, 0.15) is 5.75 Å². The molecule has 0 saturated carbocycles. The number of ether oxygens (including phenoxy) is 1. The molecule has 1 aromatic carbocycles. The van der Waals surface area contributed by atoms with E-state index in [1.54, 1.807) is 14.2 Å². The SMILES string of the molecule is CNCC(=O)NC1CCN(c2ccccc2OC)CC1.Cl. The number of carbonyl (C=O) groups is 1. The molecule has 5 nitrogen and oxygen atoms in total. The van der Waals surface area contributed by atoms with Gasteiger partial charge >= 0.3 is 0 Å². The lowest BCUT2D eigenvalue weighted by atomic mass is 10.0. The van der Waals surface area contributed by atoms with Crippen molar-refractivity contribution < 1.29 is 9.53 Å². The molecule has 1 aliphatic rings. The zero-order valence-corrected chi connectivity index (χ0v) is 13.4. The van der Waals surface area contributed by atoms with Crippen LogP contribution in [0.4, 0.5) is 5.69 Å². The number of nitrogens with one attached hydrogen (secondary N) is 2. The monoisotopic (exact) mass is 313 g/mol. The van der Waals surface area contributed by atoms with Crippen LogP contribution in [0.5, 0.6) is 5.75 Å². The lowest BCUT2D eigenvalue weighted by Crippen LogP contribution is -2.46. The Labute approximate surface area is 132 Å². The molecule has 0 bridgehead atoms. The number of benzene rings is 1. The van der Waals surface area contributed by atoms with Crippen LogP contribution in [0.2, 0.25) is 0 Å². The number of anilines is 1. The van der Waals surface area contributed by atoms with Gasteiger partial charge in [-0.25, -0.2) is 0 Å². The maximum atomic E-state index is 11.6. The number of carbonyl (C=O) groups excluding carboxylic acids is 1. The molecule has 1 heterocycles. The summed E-state index contributed by atoms with van der Waals surface area (Å²) in [4.78, 5) is 13.9. The molecule has 1 fully saturated rings. The van der Waals surface area contributed by atoms with Crippen molar-refractivity contribution in [1.29, 1.82) is 0 Å². The Morgan fingerprint density at radius 1 is 1.33 bits per heavy atom. The van der Waals surface area contributed by atoms with Gasteiger partial charge in [0.2, 0.25) is 5.91 Å². The first-order chi connectivity index (χ1) is 9.74. The molecule has 0 atom stereocenters. The summed E-state index contributed by atoms with van der Waals surface area (Å²) in [5.74, 6) is 0.980. The summed E-state index contributed by atoms with van der Waals surface area (Å²) in [6.45, 7) is 2.25. The summed E-state index contributed by atoms with van der Waals surface area (Å²) in [5.41, 5.74) is 1.13. The lowest BCUT2D eigenvalue weighted by molar-refractivity contribution is -0.121. The third-order valence-corrected chi connectivity index (χ3v) is 3.62. The average molecular weight is 314 g/mol. The Morgan fingerprint density at radius 3 is 2.62 bits per heavy atom. The van der Waals surface area contributed by atoms with Crippen molar-refractivity contribution in [1.82, 2.24) is 10.6 Å². The molecule has 0 aliphatic carbocycles. The van der Waals surface area contributed by atoms with Gasteiger partial charge in [-0.2, -0.15) is 0 Å². The molecule has 2 N–H and O–H groups in total. The first kappa shape index (κ1) is 17.6. The van der Waals surface area contributed by atoms with Gasteiger partial charge in [-0.3, -0.25) is 4.79 Å². The van der Waals surface area contributed by atoms with E-state index >= 15 is 0 Å². The molecule has 0 unspecified atom stereocenters. The molecule has 1 aromatic rings. The molecule has 6 heteroatoms. The van der Waals surface area contributed by atoms with Crippen LogP contribution < -0.4 is 20.3 Å². The van der Waals surface area contributed by atoms with Crippen LogP contribution in [0.3, 0.4) is 0 Å². The predicted molar refractivity (Wildman–Crippen MR) is 87.5 cm³/mol. The van der Waals surface area contributed by atoms with Gasteiger partial charge < -0.3 is 20.3 Å². The van der Waals surface area contributed by atoms with E-state index in [1.165, 1.54) is 0 Å². The van der Waals surface area contributed by atoms with E-state index < -0.39 is 0 Å². The summed E-state index contributed by atoms with van der Waals surface area (Å²) in [6.07, 6.45) is 1.93. The molecular formula is C15H24ClN3O2. The van der Waals surface area contributed by atoms with E-state index in [0.29, 0.717) is 6.54 Å². The van der Waals surface area contributed by atoms with Crippen LogP contribution in [0.15, 0.2) is 24.3 Å². The van der Waals surface area contributed by atoms with Gasteiger partial charge in [0.15, 0.2) is 0 Å². The number of likely N-dealkylation sites (N-methyl/N-ethyl adjacent to an activating group) is 1. The smallest absolute Gasteiger partial charge is 0.234 e. The van der Waals surface area contributed by atoms with E-state index in [2.05, 4.69) is 21.6 Å². The highest BCUT2D eigenvalue weighted by molar-refractivity contribution is 5.85. The van der Waals surface area contributed by atoms with Gasteiger partial charge in [0.05, 0.1) is 19.3 Å². The first-order valence-corrected chi connectivity index (χ1v) is 7.06. The Kier molecular flexibility index (Phi) is 7.32. The van der Waals surface area contributed by atoms with Crippen LogP contribution in [-0.4, -0.2) is 45.7 Å². The maximum absolute atomic E-state index is 11.6. The van der Waals surface area contributed by atoms with E-state index in [1.807, 2.05) is 18.2 Å². The van der Waals surface area contributed by atoms with Crippen LogP contribution in [0, 0.1) is 0 Å². The fourth-order valence-electron chi connectivity index (χ4n) is 2.60. The Morgan fingerprint density at radius 2 is 2.00 bits per heavy atom. The zero-order valence-electron chi connectivity index (χ0n) is 12.6. The second-order valence-electron chi connectivity index (χ2n) is 5.03. The second-order valence-corrected chi connectivity index (χ2v) is 5.03. The summed E-state index contributed by atoms with van der Waals surface area (Å²) < 4.78 is 5.40. The van der Waals surface area contributed by atoms with Crippen molar-refractivity contribution in [2.45, 2.75) is 18.9 Å². The van der Waals surface area contributed by atoms with E-state index in [9.17, 15) is 4.79 Å². The van der Waals surface area contributed by atoms with Crippen molar-refractivity contribution in [3.8, 4) is 5.75 Å². The van der Waals surface area contributed by atoms with Crippen molar-refractivity contribution in [3.63, 3.8) is 0 Å². The molecule has 2 rings (SSSR count). The van der Waals surface area contributed by atoms with Crippen molar-refractivity contribution >= 4 is 24.0 Å². The number of hydrogen-bond donors (Lipinski definition) is 2. The van der Waals surface area contributed by atoms with Gasteiger partial charge in [0.25, 0.3) is 0 Å². The van der Waals surface area contributed by atoms with Crippen LogP contribution >= 0.6 is 12.4 Å². The predicted octanol–water partition coefficient (Wildman–Crippen LogP) is 1.42. The highest BCUT2D eigenvalue weighted by Gasteiger charge is 2.22. The number of halogens is 1. The van der Waals surface area contributed by atoms with Crippen molar-refractivity contribution in [2.75, 3.05) is 38.7 Å². The Balaban J connectivity index is 0.00000220.